The predicted octanol–water partition coefficient (Wildman–Crippen LogP) is 5.33. The van der Waals surface area contributed by atoms with Crippen molar-refractivity contribution in [3.8, 4) is 17.1 Å². The van der Waals surface area contributed by atoms with Gasteiger partial charge in [0.25, 0.3) is 0 Å². The summed E-state index contributed by atoms with van der Waals surface area (Å²) in [5.41, 5.74) is 0.643. The van der Waals surface area contributed by atoms with Crippen molar-refractivity contribution in [3.63, 3.8) is 0 Å². The van der Waals surface area contributed by atoms with Gasteiger partial charge in [0.05, 0.1) is 17.8 Å². The van der Waals surface area contributed by atoms with Crippen LogP contribution >= 0.6 is 0 Å². The Hall–Kier alpha value is -3.43. The minimum absolute atomic E-state index is 0.0193. The average Bonchev–Trinajstić information content (AvgIpc) is 3.14. The van der Waals surface area contributed by atoms with E-state index in [-0.39, 0.29) is 41.7 Å². The van der Waals surface area contributed by atoms with E-state index in [4.69, 9.17) is 4.42 Å². The molecule has 3 rings (SSSR count). The number of ether oxygens (including phenoxy) is 1. The quantitative estimate of drug-likeness (QED) is 0.505. The van der Waals surface area contributed by atoms with E-state index < -0.39 is 24.0 Å². The van der Waals surface area contributed by atoms with Crippen molar-refractivity contribution in [3.05, 3.63) is 71.8 Å². The van der Waals surface area contributed by atoms with Crippen molar-refractivity contribution >= 4 is 5.91 Å². The first-order valence-corrected chi connectivity index (χ1v) is 9.16. The number of hydrogen-bond acceptors (Lipinski definition) is 4. The number of hydrogen-bond donors (Lipinski definition) is 1. The topological polar surface area (TPSA) is 64.4 Å². The van der Waals surface area contributed by atoms with Crippen LogP contribution in [0.5, 0.6) is 5.75 Å². The number of nitrogens with one attached hydrogen (secondary N) is 1. The van der Waals surface area contributed by atoms with Gasteiger partial charge in [0, 0.05) is 18.9 Å². The highest BCUT2D eigenvalue weighted by molar-refractivity contribution is 5.76. The van der Waals surface area contributed by atoms with Gasteiger partial charge in [-0.2, -0.15) is 0 Å². The van der Waals surface area contributed by atoms with Crippen LogP contribution in [0, 0.1) is 11.6 Å². The van der Waals surface area contributed by atoms with Crippen molar-refractivity contribution in [2.75, 3.05) is 0 Å². The monoisotopic (exact) mass is 440 g/mol. The van der Waals surface area contributed by atoms with E-state index in [1.807, 2.05) is 0 Å². The van der Waals surface area contributed by atoms with Crippen molar-refractivity contribution in [2.24, 2.45) is 0 Å². The van der Waals surface area contributed by atoms with Crippen LogP contribution in [-0.4, -0.2) is 17.3 Å². The Morgan fingerprint density at radius 2 is 1.87 bits per heavy atom. The molecule has 1 N–H and O–H groups in total. The minimum Gasteiger partial charge on any atom is -0.441 e. The van der Waals surface area contributed by atoms with Crippen molar-refractivity contribution in [1.82, 2.24) is 10.3 Å². The summed E-state index contributed by atoms with van der Waals surface area (Å²) < 4.78 is 72.7. The molecule has 1 aromatic heterocycles. The molecule has 10 heteroatoms. The van der Waals surface area contributed by atoms with Gasteiger partial charge in [-0.25, -0.2) is 13.8 Å². The molecule has 1 amide bonds. The van der Waals surface area contributed by atoms with Crippen LogP contribution in [0.2, 0.25) is 0 Å². The zero-order valence-corrected chi connectivity index (χ0v) is 16.2. The lowest BCUT2D eigenvalue weighted by molar-refractivity contribution is -0.274. The van der Waals surface area contributed by atoms with Gasteiger partial charge in [0.1, 0.15) is 17.4 Å². The molecule has 0 saturated carbocycles. The maximum atomic E-state index is 13.8. The molecule has 0 aliphatic rings. The molecular weight excluding hydrogens is 423 g/mol. The van der Waals surface area contributed by atoms with Crippen molar-refractivity contribution < 1.29 is 35.9 Å². The number of carbonyl (C=O) groups is 1. The van der Waals surface area contributed by atoms with Crippen LogP contribution in [0.4, 0.5) is 22.0 Å². The summed E-state index contributed by atoms with van der Waals surface area (Å²) in [5.74, 6) is -1.88. The van der Waals surface area contributed by atoms with E-state index >= 15 is 0 Å². The molecule has 1 heterocycles. The van der Waals surface area contributed by atoms with Crippen LogP contribution in [0.3, 0.4) is 0 Å². The molecule has 164 valence electrons. The van der Waals surface area contributed by atoms with E-state index in [1.54, 1.807) is 6.92 Å². The van der Waals surface area contributed by atoms with E-state index in [9.17, 15) is 26.7 Å². The van der Waals surface area contributed by atoms with Gasteiger partial charge in [-0.05, 0) is 36.8 Å². The van der Waals surface area contributed by atoms with E-state index in [1.165, 1.54) is 24.4 Å². The SMILES string of the molecule is C[C@@H](NC(=O)CCc1ncc(-c2ccc(F)cc2F)o1)c1ccc(OC(F)(F)F)cc1. The van der Waals surface area contributed by atoms with Crippen molar-refractivity contribution in [1.29, 1.82) is 0 Å². The lowest BCUT2D eigenvalue weighted by Crippen LogP contribution is -2.26. The second kappa shape index (κ2) is 9.15. The summed E-state index contributed by atoms with van der Waals surface area (Å²) in [6, 6.07) is 7.76. The molecule has 31 heavy (non-hydrogen) atoms. The summed E-state index contributed by atoms with van der Waals surface area (Å²) in [5, 5.41) is 2.71. The fraction of sp³-hybridized carbons (Fsp3) is 0.238. The normalized spacial score (nSPS) is 12.5. The summed E-state index contributed by atoms with van der Waals surface area (Å²) in [4.78, 5) is 16.2. The number of aryl methyl sites for hydroxylation is 1. The van der Waals surface area contributed by atoms with Crippen LogP contribution in [0.15, 0.2) is 53.1 Å². The van der Waals surface area contributed by atoms with Crippen LogP contribution < -0.4 is 10.1 Å². The number of halogens is 5. The Labute approximate surface area is 173 Å². The second-order valence-electron chi connectivity index (χ2n) is 6.65. The zero-order valence-electron chi connectivity index (χ0n) is 16.2. The highest BCUT2D eigenvalue weighted by Gasteiger charge is 2.31. The Morgan fingerprint density at radius 1 is 1.16 bits per heavy atom. The maximum absolute atomic E-state index is 13.8. The number of carbonyl (C=O) groups excluding carboxylic acids is 1. The molecule has 0 aliphatic carbocycles. The zero-order chi connectivity index (χ0) is 22.6. The van der Waals surface area contributed by atoms with Gasteiger partial charge < -0.3 is 14.5 Å². The maximum Gasteiger partial charge on any atom is 0.573 e. The number of nitrogens with zero attached hydrogens (tertiary/aromatic N) is 1. The molecule has 0 aliphatic heterocycles. The van der Waals surface area contributed by atoms with E-state index in [0.717, 1.165) is 24.3 Å². The number of alkyl halides is 3. The van der Waals surface area contributed by atoms with Gasteiger partial charge >= 0.3 is 6.36 Å². The lowest BCUT2D eigenvalue weighted by atomic mass is 10.1. The molecule has 3 aromatic rings. The Bertz CT molecular complexity index is 1050. The fourth-order valence-corrected chi connectivity index (χ4v) is 2.82. The second-order valence-corrected chi connectivity index (χ2v) is 6.65. The largest absolute Gasteiger partial charge is 0.573 e. The first-order valence-electron chi connectivity index (χ1n) is 9.16. The van der Waals surface area contributed by atoms with Crippen LogP contribution in [0.1, 0.15) is 30.8 Å². The number of aromatic nitrogens is 1. The molecule has 0 unspecified atom stereocenters. The molecule has 1 atom stereocenters. The number of benzene rings is 2. The Morgan fingerprint density at radius 3 is 2.52 bits per heavy atom. The van der Waals surface area contributed by atoms with Gasteiger partial charge in [-0.1, -0.05) is 12.1 Å². The van der Waals surface area contributed by atoms with Gasteiger partial charge in [-0.15, -0.1) is 13.2 Å². The highest BCUT2D eigenvalue weighted by Crippen LogP contribution is 2.26. The van der Waals surface area contributed by atoms with Crippen molar-refractivity contribution in [2.45, 2.75) is 32.2 Å². The third-order valence-corrected chi connectivity index (χ3v) is 4.31. The molecular formula is C21H17F5N2O3. The smallest absolute Gasteiger partial charge is 0.441 e. The summed E-state index contributed by atoms with van der Waals surface area (Å²) >= 11 is 0. The summed E-state index contributed by atoms with van der Waals surface area (Å²) in [6.45, 7) is 1.68. The number of rotatable bonds is 7. The standard InChI is InChI=1S/C21H17F5N2O3/c1-12(13-2-5-15(6-3-13)31-21(24,25)26)28-19(29)8-9-20-27-11-18(30-20)16-7-4-14(22)10-17(16)23/h2-7,10-12H,8-9H2,1H3,(H,28,29)/t12-/m1/s1. The first kappa shape index (κ1) is 22.3. The minimum atomic E-state index is -4.77. The summed E-state index contributed by atoms with van der Waals surface area (Å²) in [6.07, 6.45) is -3.33. The van der Waals surface area contributed by atoms with Gasteiger partial charge in [-0.3, -0.25) is 4.79 Å². The molecule has 2 aromatic carbocycles. The average molecular weight is 440 g/mol. The lowest BCUT2D eigenvalue weighted by Gasteiger charge is -2.15. The van der Waals surface area contributed by atoms with Crippen LogP contribution in [0.25, 0.3) is 11.3 Å². The van der Waals surface area contributed by atoms with Gasteiger partial charge in [0.15, 0.2) is 11.7 Å². The third kappa shape index (κ3) is 6.27. The third-order valence-electron chi connectivity index (χ3n) is 4.31. The molecule has 0 saturated heterocycles. The molecule has 0 radical (unpaired) electrons. The molecule has 0 spiro atoms. The Balaban J connectivity index is 1.53. The van der Waals surface area contributed by atoms with Gasteiger partial charge in [0.2, 0.25) is 5.91 Å². The Kier molecular flexibility index (Phi) is 6.57. The van der Waals surface area contributed by atoms with E-state index in [0.29, 0.717) is 5.56 Å². The predicted molar refractivity (Wildman–Crippen MR) is 99.9 cm³/mol. The molecule has 5 nitrogen and oxygen atoms in total. The number of amides is 1. The van der Waals surface area contributed by atoms with E-state index in [2.05, 4.69) is 15.0 Å². The number of oxazole rings is 1. The highest BCUT2D eigenvalue weighted by atomic mass is 19.4. The fourth-order valence-electron chi connectivity index (χ4n) is 2.82. The first-order chi connectivity index (χ1) is 14.6. The molecule has 0 fully saturated rings. The summed E-state index contributed by atoms with van der Waals surface area (Å²) in [7, 11) is 0. The molecule has 0 bridgehead atoms. The van der Waals surface area contributed by atoms with Crippen LogP contribution in [-0.2, 0) is 11.2 Å².